The van der Waals surface area contributed by atoms with Crippen molar-refractivity contribution >= 4 is 0 Å². The van der Waals surface area contributed by atoms with E-state index in [0.29, 0.717) is 18.8 Å². The maximum atomic E-state index is 13.6. The lowest BCUT2D eigenvalue weighted by Gasteiger charge is -2.26. The predicted molar refractivity (Wildman–Crippen MR) is 68.2 cm³/mol. The number of nitrogens with one attached hydrogen (secondary N) is 1. The summed E-state index contributed by atoms with van der Waals surface area (Å²) in [4.78, 5) is 0. The van der Waals surface area contributed by atoms with Crippen LogP contribution in [0.5, 0.6) is 0 Å². The first kappa shape index (κ1) is 16.0. The molecule has 0 aromatic heterocycles. The standard InChI is InChI=1S/C13H20F2N2O2/c1-3-18-13(19-4-2)12(17-16)7-9-5-6-10(14)8-11(9)15/h5-6,8,12-13,17H,3-4,7,16H2,1-2H3. The molecule has 0 aliphatic rings. The monoisotopic (exact) mass is 274 g/mol. The molecule has 0 fully saturated rings. The van der Waals surface area contributed by atoms with Gasteiger partial charge in [-0.15, -0.1) is 0 Å². The van der Waals surface area contributed by atoms with Gasteiger partial charge in [-0.25, -0.2) is 8.78 Å². The van der Waals surface area contributed by atoms with Crippen LogP contribution in [0.3, 0.4) is 0 Å². The third kappa shape index (κ3) is 4.83. The highest BCUT2D eigenvalue weighted by atomic mass is 19.1. The third-order valence-corrected chi connectivity index (χ3v) is 2.66. The normalized spacial score (nSPS) is 12.9. The smallest absolute Gasteiger partial charge is 0.174 e. The van der Waals surface area contributed by atoms with Crippen molar-refractivity contribution in [3.8, 4) is 0 Å². The lowest BCUT2D eigenvalue weighted by Crippen LogP contribution is -2.48. The second-order valence-corrected chi connectivity index (χ2v) is 3.99. The predicted octanol–water partition coefficient (Wildman–Crippen LogP) is 1.74. The zero-order valence-corrected chi connectivity index (χ0v) is 11.2. The first-order valence-electron chi connectivity index (χ1n) is 6.25. The quantitative estimate of drug-likeness (QED) is 0.431. The number of rotatable bonds is 8. The van der Waals surface area contributed by atoms with Gasteiger partial charge in [-0.1, -0.05) is 6.07 Å². The van der Waals surface area contributed by atoms with E-state index in [1.54, 1.807) is 0 Å². The maximum absolute atomic E-state index is 13.6. The minimum absolute atomic E-state index is 0.243. The Balaban J connectivity index is 2.78. The van der Waals surface area contributed by atoms with E-state index in [9.17, 15) is 8.78 Å². The number of hydrogen-bond acceptors (Lipinski definition) is 4. The fraction of sp³-hybridized carbons (Fsp3) is 0.538. The van der Waals surface area contributed by atoms with Crippen LogP contribution in [-0.4, -0.2) is 25.5 Å². The van der Waals surface area contributed by atoms with Crippen molar-refractivity contribution in [2.45, 2.75) is 32.6 Å². The van der Waals surface area contributed by atoms with E-state index in [1.807, 2.05) is 13.8 Å². The number of hydrogen-bond donors (Lipinski definition) is 2. The van der Waals surface area contributed by atoms with Gasteiger partial charge in [0.05, 0.1) is 6.04 Å². The second kappa shape index (κ2) is 8.16. The topological polar surface area (TPSA) is 56.5 Å². The lowest BCUT2D eigenvalue weighted by atomic mass is 10.1. The summed E-state index contributed by atoms with van der Waals surface area (Å²) in [5.41, 5.74) is 2.91. The van der Waals surface area contributed by atoms with Crippen LogP contribution in [0, 0.1) is 11.6 Å². The van der Waals surface area contributed by atoms with Crippen LogP contribution < -0.4 is 11.3 Å². The molecule has 19 heavy (non-hydrogen) atoms. The SMILES string of the molecule is CCOC(OCC)C(Cc1ccc(F)cc1F)NN. The zero-order valence-electron chi connectivity index (χ0n) is 11.2. The molecule has 1 atom stereocenters. The first-order valence-corrected chi connectivity index (χ1v) is 6.25. The average Bonchev–Trinajstić information content (AvgIpc) is 2.38. The highest BCUT2D eigenvalue weighted by Gasteiger charge is 2.22. The molecule has 1 unspecified atom stereocenters. The van der Waals surface area contributed by atoms with Crippen molar-refractivity contribution in [3.05, 3.63) is 35.4 Å². The Morgan fingerprint density at radius 3 is 2.32 bits per heavy atom. The van der Waals surface area contributed by atoms with Crippen LogP contribution in [0.4, 0.5) is 8.78 Å². The van der Waals surface area contributed by atoms with Gasteiger partial charge >= 0.3 is 0 Å². The molecule has 0 heterocycles. The van der Waals surface area contributed by atoms with Crippen molar-refractivity contribution in [2.24, 2.45) is 5.84 Å². The van der Waals surface area contributed by atoms with Gasteiger partial charge < -0.3 is 9.47 Å². The molecule has 1 rings (SSSR count). The van der Waals surface area contributed by atoms with Gasteiger partial charge in [0.15, 0.2) is 6.29 Å². The molecule has 1 aromatic rings. The molecule has 1 aromatic carbocycles. The van der Waals surface area contributed by atoms with Crippen molar-refractivity contribution in [3.63, 3.8) is 0 Å². The van der Waals surface area contributed by atoms with Gasteiger partial charge in [0, 0.05) is 19.3 Å². The maximum Gasteiger partial charge on any atom is 0.174 e. The van der Waals surface area contributed by atoms with Crippen molar-refractivity contribution in [1.29, 1.82) is 0 Å². The number of halogens is 2. The van der Waals surface area contributed by atoms with Crippen LogP contribution in [0.25, 0.3) is 0 Å². The number of benzene rings is 1. The molecule has 0 saturated carbocycles. The highest BCUT2D eigenvalue weighted by Crippen LogP contribution is 2.14. The molecule has 0 amide bonds. The summed E-state index contributed by atoms with van der Waals surface area (Å²) >= 11 is 0. The Hall–Kier alpha value is -1.08. The fourth-order valence-electron chi connectivity index (χ4n) is 1.77. The van der Waals surface area contributed by atoms with Crippen LogP contribution in [-0.2, 0) is 15.9 Å². The number of nitrogens with two attached hydrogens (primary N) is 1. The summed E-state index contributed by atoms with van der Waals surface area (Å²) in [5, 5.41) is 0. The summed E-state index contributed by atoms with van der Waals surface area (Å²) in [6, 6.07) is 3.03. The molecule has 108 valence electrons. The van der Waals surface area contributed by atoms with E-state index in [-0.39, 0.29) is 6.42 Å². The van der Waals surface area contributed by atoms with E-state index in [0.717, 1.165) is 6.07 Å². The molecular formula is C13H20F2N2O2. The van der Waals surface area contributed by atoms with E-state index in [2.05, 4.69) is 5.43 Å². The summed E-state index contributed by atoms with van der Waals surface area (Å²) < 4.78 is 37.2. The first-order chi connectivity index (χ1) is 9.12. The second-order valence-electron chi connectivity index (χ2n) is 3.99. The Bertz CT molecular complexity index is 385. The summed E-state index contributed by atoms with van der Waals surface area (Å²) in [7, 11) is 0. The Kier molecular flexibility index (Phi) is 6.86. The van der Waals surface area contributed by atoms with Crippen LogP contribution in [0.15, 0.2) is 18.2 Å². The zero-order chi connectivity index (χ0) is 14.3. The van der Waals surface area contributed by atoms with E-state index in [4.69, 9.17) is 15.3 Å². The fourth-order valence-corrected chi connectivity index (χ4v) is 1.77. The van der Waals surface area contributed by atoms with Crippen LogP contribution in [0.2, 0.25) is 0 Å². The van der Waals surface area contributed by atoms with Gasteiger partial charge in [-0.3, -0.25) is 11.3 Å². The molecule has 0 aliphatic heterocycles. The summed E-state index contributed by atoms with van der Waals surface area (Å²) in [6.45, 7) is 4.57. The molecule has 0 spiro atoms. The van der Waals surface area contributed by atoms with Crippen molar-refractivity contribution < 1.29 is 18.3 Å². The molecule has 0 bridgehead atoms. The average molecular weight is 274 g/mol. The molecule has 0 aliphatic carbocycles. The van der Waals surface area contributed by atoms with Gasteiger partial charge in [-0.2, -0.15) is 0 Å². The molecule has 0 saturated heterocycles. The summed E-state index contributed by atoms with van der Waals surface area (Å²) in [5.74, 6) is 4.24. The van der Waals surface area contributed by atoms with Crippen LogP contribution in [0.1, 0.15) is 19.4 Å². The third-order valence-electron chi connectivity index (χ3n) is 2.66. The largest absolute Gasteiger partial charge is 0.351 e. The van der Waals surface area contributed by atoms with E-state index >= 15 is 0 Å². The van der Waals surface area contributed by atoms with Crippen LogP contribution >= 0.6 is 0 Å². The Morgan fingerprint density at radius 2 is 1.84 bits per heavy atom. The molecule has 6 heteroatoms. The molecule has 4 nitrogen and oxygen atoms in total. The van der Waals surface area contributed by atoms with Crippen molar-refractivity contribution in [2.75, 3.05) is 13.2 Å². The van der Waals surface area contributed by atoms with Gasteiger partial charge in [-0.05, 0) is 31.9 Å². The van der Waals surface area contributed by atoms with Gasteiger partial charge in [0.1, 0.15) is 11.6 Å². The highest BCUT2D eigenvalue weighted by molar-refractivity contribution is 5.19. The summed E-state index contributed by atoms with van der Waals surface area (Å²) in [6.07, 6.45) is -0.336. The van der Waals surface area contributed by atoms with E-state index in [1.165, 1.54) is 12.1 Å². The number of ether oxygens (including phenoxy) is 2. The van der Waals surface area contributed by atoms with Crippen molar-refractivity contribution in [1.82, 2.24) is 5.43 Å². The minimum Gasteiger partial charge on any atom is -0.351 e. The molecule has 3 N–H and O–H groups in total. The Labute approximate surface area is 111 Å². The van der Waals surface area contributed by atoms with E-state index < -0.39 is 24.0 Å². The Morgan fingerprint density at radius 1 is 1.21 bits per heavy atom. The lowest BCUT2D eigenvalue weighted by molar-refractivity contribution is -0.153. The van der Waals surface area contributed by atoms with Gasteiger partial charge in [0.2, 0.25) is 0 Å². The van der Waals surface area contributed by atoms with Gasteiger partial charge in [0.25, 0.3) is 0 Å². The number of hydrazine groups is 1. The molecular weight excluding hydrogens is 254 g/mol. The minimum atomic E-state index is -0.607. The molecule has 0 radical (unpaired) electrons.